The molecular formula is C16H20FN7O. The smallest absolute Gasteiger partial charge is 0.272 e. The maximum absolute atomic E-state index is 13.6. The predicted octanol–water partition coefficient (Wildman–Crippen LogP) is 0.707. The van der Waals surface area contributed by atoms with Crippen molar-refractivity contribution < 1.29 is 9.18 Å². The normalized spacial score (nSPS) is 15.0. The van der Waals surface area contributed by atoms with Gasteiger partial charge in [0.1, 0.15) is 17.8 Å². The molecule has 1 aliphatic heterocycles. The largest absolute Gasteiger partial charge is 0.393 e. The SMILES string of the molecule is CN1CCN(c2ncnc(NNC(=O)c3ccccc3F)c2N)CC1. The number of piperazine rings is 1. The molecule has 0 bridgehead atoms. The number of nitrogens with one attached hydrogen (secondary N) is 2. The van der Waals surface area contributed by atoms with Gasteiger partial charge in [-0.15, -0.1) is 0 Å². The number of aromatic nitrogens is 2. The number of carbonyl (C=O) groups excluding carboxylic acids is 1. The number of anilines is 3. The van der Waals surface area contributed by atoms with E-state index in [2.05, 4.69) is 37.7 Å². The van der Waals surface area contributed by atoms with Crippen molar-refractivity contribution in [1.29, 1.82) is 0 Å². The summed E-state index contributed by atoms with van der Waals surface area (Å²) in [6, 6.07) is 5.72. The summed E-state index contributed by atoms with van der Waals surface area (Å²) in [7, 11) is 2.06. The highest BCUT2D eigenvalue weighted by molar-refractivity contribution is 5.95. The Morgan fingerprint density at radius 3 is 2.64 bits per heavy atom. The van der Waals surface area contributed by atoms with E-state index in [-0.39, 0.29) is 11.4 Å². The van der Waals surface area contributed by atoms with Crippen LogP contribution < -0.4 is 21.5 Å². The zero-order chi connectivity index (χ0) is 17.8. The number of likely N-dealkylation sites (N-methyl/N-ethyl adjacent to an activating group) is 1. The van der Waals surface area contributed by atoms with Crippen LogP contribution in [0.2, 0.25) is 0 Å². The zero-order valence-corrected chi connectivity index (χ0v) is 13.9. The number of amides is 1. The first-order chi connectivity index (χ1) is 12.1. The molecule has 1 amide bonds. The Hall–Kier alpha value is -2.94. The Bertz CT molecular complexity index is 762. The van der Waals surface area contributed by atoms with Gasteiger partial charge in [0, 0.05) is 26.2 Å². The fourth-order valence-corrected chi connectivity index (χ4v) is 2.58. The minimum absolute atomic E-state index is 0.0677. The van der Waals surface area contributed by atoms with Gasteiger partial charge < -0.3 is 15.5 Å². The number of rotatable bonds is 4. The lowest BCUT2D eigenvalue weighted by molar-refractivity contribution is 0.0958. The van der Waals surface area contributed by atoms with Crippen molar-refractivity contribution in [3.8, 4) is 0 Å². The zero-order valence-electron chi connectivity index (χ0n) is 13.9. The molecular weight excluding hydrogens is 325 g/mol. The minimum atomic E-state index is -0.614. The molecule has 1 aromatic heterocycles. The third-order valence-corrected chi connectivity index (χ3v) is 4.08. The second kappa shape index (κ2) is 7.31. The van der Waals surface area contributed by atoms with Gasteiger partial charge in [-0.2, -0.15) is 0 Å². The number of nitrogen functional groups attached to an aromatic ring is 1. The molecule has 1 aromatic carbocycles. The van der Waals surface area contributed by atoms with Crippen molar-refractivity contribution in [2.45, 2.75) is 0 Å². The lowest BCUT2D eigenvalue weighted by atomic mass is 10.2. The molecule has 8 nitrogen and oxygen atoms in total. The van der Waals surface area contributed by atoms with Gasteiger partial charge in [-0.3, -0.25) is 15.6 Å². The molecule has 1 saturated heterocycles. The summed E-state index contributed by atoms with van der Waals surface area (Å²) < 4.78 is 13.6. The van der Waals surface area contributed by atoms with Gasteiger partial charge in [0.05, 0.1) is 5.56 Å². The number of halogens is 1. The summed E-state index contributed by atoms with van der Waals surface area (Å²) in [5.74, 6) is -0.327. The van der Waals surface area contributed by atoms with E-state index in [9.17, 15) is 9.18 Å². The van der Waals surface area contributed by atoms with Crippen LogP contribution in [0.5, 0.6) is 0 Å². The highest BCUT2D eigenvalue weighted by Crippen LogP contribution is 2.26. The average molecular weight is 345 g/mol. The number of nitrogens with two attached hydrogens (primary N) is 1. The summed E-state index contributed by atoms with van der Waals surface area (Å²) in [5, 5.41) is 0. The highest BCUT2D eigenvalue weighted by atomic mass is 19.1. The van der Waals surface area contributed by atoms with Crippen LogP contribution in [0.3, 0.4) is 0 Å². The lowest BCUT2D eigenvalue weighted by Crippen LogP contribution is -2.45. The van der Waals surface area contributed by atoms with Crippen molar-refractivity contribution in [3.05, 3.63) is 42.0 Å². The topological polar surface area (TPSA) is 99.4 Å². The fourth-order valence-electron chi connectivity index (χ4n) is 2.58. The summed E-state index contributed by atoms with van der Waals surface area (Å²) in [5.41, 5.74) is 11.5. The van der Waals surface area contributed by atoms with E-state index in [4.69, 9.17) is 5.73 Å². The lowest BCUT2D eigenvalue weighted by Gasteiger charge is -2.33. The van der Waals surface area contributed by atoms with Crippen molar-refractivity contribution in [2.24, 2.45) is 0 Å². The number of hydrazine groups is 1. The molecule has 2 heterocycles. The van der Waals surface area contributed by atoms with Gasteiger partial charge in [0.25, 0.3) is 5.91 Å². The molecule has 0 unspecified atom stereocenters. The van der Waals surface area contributed by atoms with Crippen molar-refractivity contribution in [2.75, 3.05) is 49.3 Å². The third-order valence-electron chi connectivity index (χ3n) is 4.08. The molecule has 4 N–H and O–H groups in total. The molecule has 0 saturated carbocycles. The highest BCUT2D eigenvalue weighted by Gasteiger charge is 2.20. The summed E-state index contributed by atoms with van der Waals surface area (Å²) in [4.78, 5) is 24.6. The van der Waals surface area contributed by atoms with E-state index in [1.165, 1.54) is 24.5 Å². The van der Waals surface area contributed by atoms with Crippen LogP contribution in [0.1, 0.15) is 10.4 Å². The molecule has 1 fully saturated rings. The van der Waals surface area contributed by atoms with Crippen LogP contribution in [0, 0.1) is 5.82 Å². The molecule has 0 spiro atoms. The first kappa shape index (κ1) is 16.9. The average Bonchev–Trinajstić information content (AvgIpc) is 2.62. The van der Waals surface area contributed by atoms with Crippen LogP contribution in [-0.2, 0) is 0 Å². The fraction of sp³-hybridized carbons (Fsp3) is 0.312. The second-order valence-electron chi connectivity index (χ2n) is 5.81. The molecule has 1 aliphatic rings. The number of carbonyl (C=O) groups is 1. The summed E-state index contributed by atoms with van der Waals surface area (Å²) >= 11 is 0. The molecule has 25 heavy (non-hydrogen) atoms. The maximum atomic E-state index is 13.6. The second-order valence-corrected chi connectivity index (χ2v) is 5.81. The first-order valence-electron chi connectivity index (χ1n) is 7.91. The Balaban J connectivity index is 1.70. The van der Waals surface area contributed by atoms with Crippen LogP contribution in [0.4, 0.5) is 21.7 Å². The Morgan fingerprint density at radius 1 is 1.20 bits per heavy atom. The molecule has 3 rings (SSSR count). The minimum Gasteiger partial charge on any atom is -0.393 e. The molecule has 9 heteroatoms. The van der Waals surface area contributed by atoms with E-state index in [0.717, 1.165) is 26.2 Å². The van der Waals surface area contributed by atoms with E-state index < -0.39 is 11.7 Å². The Kier molecular flexibility index (Phi) is 4.94. The van der Waals surface area contributed by atoms with E-state index in [1.54, 1.807) is 6.07 Å². The van der Waals surface area contributed by atoms with Gasteiger partial charge in [-0.1, -0.05) is 12.1 Å². The van der Waals surface area contributed by atoms with Crippen LogP contribution in [0.15, 0.2) is 30.6 Å². The molecule has 0 atom stereocenters. The van der Waals surface area contributed by atoms with Gasteiger partial charge >= 0.3 is 0 Å². The number of hydrogen-bond acceptors (Lipinski definition) is 7. The summed E-state index contributed by atoms with van der Waals surface area (Å²) in [6.45, 7) is 3.43. The Labute approximate surface area is 144 Å². The number of nitrogens with zero attached hydrogens (tertiary/aromatic N) is 4. The predicted molar refractivity (Wildman–Crippen MR) is 93.6 cm³/mol. The maximum Gasteiger partial charge on any atom is 0.272 e. The van der Waals surface area contributed by atoms with Crippen molar-refractivity contribution in [3.63, 3.8) is 0 Å². The van der Waals surface area contributed by atoms with Gasteiger partial charge in [-0.25, -0.2) is 14.4 Å². The number of benzene rings is 1. The number of hydrogen-bond donors (Lipinski definition) is 3. The van der Waals surface area contributed by atoms with Gasteiger partial charge in [-0.05, 0) is 19.2 Å². The van der Waals surface area contributed by atoms with Crippen LogP contribution in [-0.4, -0.2) is 54.0 Å². The first-order valence-corrected chi connectivity index (χ1v) is 7.91. The molecule has 0 radical (unpaired) electrons. The van der Waals surface area contributed by atoms with Crippen molar-refractivity contribution in [1.82, 2.24) is 20.3 Å². The van der Waals surface area contributed by atoms with E-state index >= 15 is 0 Å². The van der Waals surface area contributed by atoms with Gasteiger partial charge in [0.15, 0.2) is 11.6 Å². The quantitative estimate of drug-likeness (QED) is 0.702. The van der Waals surface area contributed by atoms with Crippen LogP contribution >= 0.6 is 0 Å². The third kappa shape index (κ3) is 3.77. The Morgan fingerprint density at radius 2 is 1.92 bits per heavy atom. The summed E-state index contributed by atoms with van der Waals surface area (Å²) in [6.07, 6.45) is 1.38. The van der Waals surface area contributed by atoms with Crippen molar-refractivity contribution >= 4 is 23.2 Å². The molecule has 2 aromatic rings. The van der Waals surface area contributed by atoms with Crippen LogP contribution in [0.25, 0.3) is 0 Å². The standard InChI is InChI=1S/C16H20FN7O/c1-23-6-8-24(9-7-23)15-13(18)14(19-10-20-15)21-22-16(25)11-4-2-3-5-12(11)17/h2-5,10H,6-9,18H2,1H3,(H,22,25)(H,19,20,21). The molecule has 132 valence electrons. The van der Waals surface area contributed by atoms with E-state index in [0.29, 0.717) is 11.5 Å². The van der Waals surface area contributed by atoms with Gasteiger partial charge in [0.2, 0.25) is 0 Å². The monoisotopic (exact) mass is 345 g/mol. The van der Waals surface area contributed by atoms with E-state index in [1.807, 2.05) is 0 Å². The molecule has 0 aliphatic carbocycles.